The van der Waals surface area contributed by atoms with E-state index in [1.807, 2.05) is 18.2 Å². The average Bonchev–Trinajstić information content (AvgIpc) is 3.09. The van der Waals surface area contributed by atoms with Crippen LogP contribution in [0, 0.1) is 5.82 Å². The number of carbonyl (C=O) groups is 1. The first-order valence-electron chi connectivity index (χ1n) is 17.2. The van der Waals surface area contributed by atoms with Crippen molar-refractivity contribution in [2.45, 2.75) is 70.7 Å². The number of nitrogens with two attached hydrogens (primary N) is 1. The molecular formula is C37H50ClFN6O3. The smallest absolute Gasteiger partial charge is 0.257 e. The Hall–Kier alpha value is -3.12. The molecule has 3 heterocycles. The maximum Gasteiger partial charge on any atom is 0.257 e. The number of hydrogen-bond acceptors (Lipinski definition) is 8. The molecule has 0 atom stereocenters. The molecule has 9 nitrogen and oxygen atoms in total. The number of carbonyl (C=O) groups excluding carboxylic acids is 1. The predicted molar refractivity (Wildman–Crippen MR) is 189 cm³/mol. The number of rotatable bonds is 10. The lowest BCUT2D eigenvalue weighted by Gasteiger charge is -2.37. The Morgan fingerprint density at radius 2 is 1.67 bits per heavy atom. The molecule has 3 N–H and O–H groups in total. The molecule has 1 aromatic heterocycles. The number of hydrogen-bond donors (Lipinski definition) is 2. The quantitative estimate of drug-likeness (QED) is 0.292. The van der Waals surface area contributed by atoms with Crippen LogP contribution in [0.4, 0.5) is 4.39 Å². The van der Waals surface area contributed by atoms with Crippen LogP contribution in [-0.4, -0.2) is 96.2 Å². The number of piperazine rings is 1. The number of nitrogens with one attached hydrogen (secondary N) is 1. The second kappa shape index (κ2) is 17.0. The lowest BCUT2D eigenvalue weighted by atomic mass is 9.91. The molecule has 3 aromatic rings. The molecule has 0 bridgehead atoms. The van der Waals surface area contributed by atoms with Crippen LogP contribution < -0.4 is 15.8 Å². The molecule has 48 heavy (non-hydrogen) atoms. The fourth-order valence-electron chi connectivity index (χ4n) is 6.93. The summed E-state index contributed by atoms with van der Waals surface area (Å²) in [5.74, 6) is -0.174. The number of halogens is 2. The number of aromatic nitrogens is 1. The summed E-state index contributed by atoms with van der Waals surface area (Å²) in [4.78, 5) is 25.4. The summed E-state index contributed by atoms with van der Waals surface area (Å²) >= 11 is 0. The van der Waals surface area contributed by atoms with E-state index in [1.165, 1.54) is 6.07 Å². The Kier molecular flexibility index (Phi) is 12.8. The molecule has 6 rings (SSSR count). The van der Waals surface area contributed by atoms with E-state index in [2.05, 4.69) is 63.1 Å². The highest BCUT2D eigenvalue weighted by Gasteiger charge is 2.27. The van der Waals surface area contributed by atoms with Crippen molar-refractivity contribution in [1.29, 1.82) is 0 Å². The first-order valence-corrected chi connectivity index (χ1v) is 17.2. The van der Waals surface area contributed by atoms with Crippen molar-refractivity contribution in [2.24, 2.45) is 5.73 Å². The normalized spacial score (nSPS) is 21.1. The Morgan fingerprint density at radius 3 is 2.35 bits per heavy atom. The van der Waals surface area contributed by atoms with Crippen molar-refractivity contribution in [3.8, 4) is 22.8 Å². The van der Waals surface area contributed by atoms with E-state index >= 15 is 0 Å². The summed E-state index contributed by atoms with van der Waals surface area (Å²) in [6.07, 6.45) is 4.41. The van der Waals surface area contributed by atoms with Crippen LogP contribution in [0.25, 0.3) is 11.1 Å². The van der Waals surface area contributed by atoms with E-state index in [1.54, 1.807) is 0 Å². The highest BCUT2D eigenvalue weighted by atomic mass is 35.5. The number of morpholine rings is 1. The molecular weight excluding hydrogens is 631 g/mol. The minimum atomic E-state index is -0.581. The average molecular weight is 681 g/mol. The van der Waals surface area contributed by atoms with Crippen molar-refractivity contribution >= 4 is 18.3 Å². The SMILES string of the molecule is CC(C)N1CCN(Cc2ccc(-c3ccccc3)c(CN3CCOCC3)c2Oc2ncc(F)cc2C(=O)NC2CCC(N)CC2)CC1.Cl. The van der Waals surface area contributed by atoms with Gasteiger partial charge in [-0.25, -0.2) is 9.37 Å². The van der Waals surface area contributed by atoms with Gasteiger partial charge < -0.3 is 20.5 Å². The van der Waals surface area contributed by atoms with Crippen LogP contribution in [0.1, 0.15) is 61.0 Å². The molecule has 0 unspecified atom stereocenters. The highest BCUT2D eigenvalue weighted by Crippen LogP contribution is 2.39. The van der Waals surface area contributed by atoms with Gasteiger partial charge in [0, 0.05) is 81.6 Å². The van der Waals surface area contributed by atoms with Gasteiger partial charge in [0.05, 0.1) is 19.4 Å². The third-order valence-corrected chi connectivity index (χ3v) is 9.81. The van der Waals surface area contributed by atoms with Gasteiger partial charge in [-0.3, -0.25) is 19.5 Å². The molecule has 2 aromatic carbocycles. The van der Waals surface area contributed by atoms with Crippen LogP contribution >= 0.6 is 12.4 Å². The summed E-state index contributed by atoms with van der Waals surface area (Å²) in [5.41, 5.74) is 10.4. The molecule has 260 valence electrons. The topological polar surface area (TPSA) is 96.2 Å². The van der Waals surface area contributed by atoms with Gasteiger partial charge in [0.1, 0.15) is 17.1 Å². The van der Waals surface area contributed by atoms with Gasteiger partial charge in [0.25, 0.3) is 5.91 Å². The van der Waals surface area contributed by atoms with E-state index in [0.717, 1.165) is 93.4 Å². The monoisotopic (exact) mass is 680 g/mol. The number of amides is 1. The molecule has 3 aliphatic rings. The first-order chi connectivity index (χ1) is 22.8. The Morgan fingerprint density at radius 1 is 0.979 bits per heavy atom. The fraction of sp³-hybridized carbons (Fsp3) is 0.514. The van der Waals surface area contributed by atoms with Crippen LogP contribution in [0.15, 0.2) is 54.7 Å². The van der Waals surface area contributed by atoms with Gasteiger partial charge in [0.2, 0.25) is 5.88 Å². The second-order valence-corrected chi connectivity index (χ2v) is 13.4. The maximum atomic E-state index is 14.7. The highest BCUT2D eigenvalue weighted by molar-refractivity contribution is 5.96. The minimum Gasteiger partial charge on any atom is -0.437 e. The third kappa shape index (κ3) is 9.11. The zero-order valence-corrected chi connectivity index (χ0v) is 29.0. The molecule has 11 heteroatoms. The third-order valence-electron chi connectivity index (χ3n) is 9.81. The summed E-state index contributed by atoms with van der Waals surface area (Å²) in [7, 11) is 0. The first kappa shape index (κ1) is 36.2. The lowest BCUT2D eigenvalue weighted by molar-refractivity contribution is 0.0339. The van der Waals surface area contributed by atoms with E-state index in [9.17, 15) is 9.18 Å². The van der Waals surface area contributed by atoms with Crippen LogP contribution in [-0.2, 0) is 17.8 Å². The van der Waals surface area contributed by atoms with Crippen molar-refractivity contribution in [3.05, 3.63) is 77.2 Å². The van der Waals surface area contributed by atoms with Crippen LogP contribution in [0.3, 0.4) is 0 Å². The van der Waals surface area contributed by atoms with E-state index in [-0.39, 0.29) is 41.8 Å². The Bertz CT molecular complexity index is 1490. The predicted octanol–water partition coefficient (Wildman–Crippen LogP) is 5.46. The van der Waals surface area contributed by atoms with Gasteiger partial charge in [0.15, 0.2) is 0 Å². The van der Waals surface area contributed by atoms with Crippen molar-refractivity contribution in [1.82, 2.24) is 25.0 Å². The van der Waals surface area contributed by atoms with Crippen molar-refractivity contribution in [3.63, 3.8) is 0 Å². The van der Waals surface area contributed by atoms with E-state index in [0.29, 0.717) is 38.1 Å². The molecule has 3 fully saturated rings. The fourth-order valence-corrected chi connectivity index (χ4v) is 6.93. The van der Waals surface area contributed by atoms with E-state index < -0.39 is 5.82 Å². The van der Waals surface area contributed by atoms with Gasteiger partial charge in [-0.2, -0.15) is 0 Å². The molecule has 1 amide bonds. The van der Waals surface area contributed by atoms with Gasteiger partial charge >= 0.3 is 0 Å². The summed E-state index contributed by atoms with van der Waals surface area (Å²) in [6.45, 7) is 12.7. The zero-order valence-electron chi connectivity index (χ0n) is 28.2. The van der Waals surface area contributed by atoms with Gasteiger partial charge in [-0.15, -0.1) is 12.4 Å². The van der Waals surface area contributed by atoms with Gasteiger partial charge in [-0.1, -0.05) is 42.5 Å². The Balaban J connectivity index is 0.00000451. The largest absolute Gasteiger partial charge is 0.437 e. The van der Waals surface area contributed by atoms with Gasteiger partial charge in [-0.05, 0) is 56.7 Å². The molecule has 1 aliphatic carbocycles. The standard InChI is InChI=1S/C37H49FN6O3.ClH/c1-26(2)44-16-14-42(15-17-44)24-28-8-13-32(27-6-4-3-5-7-27)34(25-43-18-20-46-21-19-43)35(28)47-37-33(22-29(38)23-40-37)36(45)41-31-11-9-30(39)10-12-31;/h3-8,13,22-23,26,30-31H,9-12,14-21,24-25,39H2,1-2H3,(H,41,45);1H. The second-order valence-electron chi connectivity index (χ2n) is 13.4. The number of benzene rings is 2. The summed E-state index contributed by atoms with van der Waals surface area (Å²) in [6, 6.07) is 16.5. The minimum absolute atomic E-state index is 0. The molecule has 1 saturated carbocycles. The summed E-state index contributed by atoms with van der Waals surface area (Å²) in [5, 5.41) is 3.10. The number of nitrogens with zero attached hydrogens (tertiary/aromatic N) is 4. The zero-order chi connectivity index (χ0) is 32.8. The Labute approximate surface area is 290 Å². The van der Waals surface area contributed by atoms with Crippen LogP contribution in [0.5, 0.6) is 11.6 Å². The van der Waals surface area contributed by atoms with Crippen molar-refractivity contribution in [2.75, 3.05) is 52.5 Å². The lowest BCUT2D eigenvalue weighted by Crippen LogP contribution is -2.48. The number of pyridine rings is 1. The van der Waals surface area contributed by atoms with Crippen LogP contribution in [0.2, 0.25) is 0 Å². The molecule has 0 radical (unpaired) electrons. The van der Waals surface area contributed by atoms with E-state index in [4.69, 9.17) is 15.2 Å². The molecule has 0 spiro atoms. The number of ether oxygens (including phenoxy) is 2. The maximum absolute atomic E-state index is 14.7. The summed E-state index contributed by atoms with van der Waals surface area (Å²) < 4.78 is 27.2. The molecule has 2 aliphatic heterocycles. The van der Waals surface area contributed by atoms with Crippen molar-refractivity contribution < 1.29 is 18.7 Å². The molecule has 2 saturated heterocycles.